The van der Waals surface area contributed by atoms with E-state index in [0.717, 1.165) is 14.5 Å². The second kappa shape index (κ2) is 6.06. The second-order valence-electron chi connectivity index (χ2n) is 3.65. The van der Waals surface area contributed by atoms with Gasteiger partial charge in [0.05, 0.1) is 9.50 Å². The third-order valence-electron chi connectivity index (χ3n) is 2.35. The van der Waals surface area contributed by atoms with E-state index in [-0.39, 0.29) is 0 Å². The summed E-state index contributed by atoms with van der Waals surface area (Å²) >= 11 is 12.9. The Morgan fingerprint density at radius 2 is 1.83 bits per heavy atom. The maximum atomic E-state index is 6.08. The third kappa shape index (κ3) is 3.26. The lowest BCUT2D eigenvalue weighted by Gasteiger charge is -2.10. The molecule has 2 rings (SSSR count). The number of halogens is 3. The SMILES string of the molecule is NCc1ccc(Oc2cc(Br)ccc2Cl)c(Br)c1. The van der Waals surface area contributed by atoms with Crippen molar-refractivity contribution in [3.8, 4) is 11.5 Å². The van der Waals surface area contributed by atoms with Crippen LogP contribution in [0.4, 0.5) is 0 Å². The highest BCUT2D eigenvalue weighted by Gasteiger charge is 2.07. The molecular formula is C13H10Br2ClNO. The molecule has 0 spiro atoms. The average Bonchev–Trinajstić information content (AvgIpc) is 2.36. The molecular weight excluding hydrogens is 381 g/mol. The monoisotopic (exact) mass is 389 g/mol. The van der Waals surface area contributed by atoms with E-state index in [2.05, 4.69) is 31.9 Å². The molecule has 2 N–H and O–H groups in total. The van der Waals surface area contributed by atoms with Gasteiger partial charge in [0.2, 0.25) is 0 Å². The van der Waals surface area contributed by atoms with Crippen LogP contribution in [0.1, 0.15) is 5.56 Å². The fraction of sp³-hybridized carbons (Fsp3) is 0.0769. The summed E-state index contributed by atoms with van der Waals surface area (Å²) in [7, 11) is 0. The summed E-state index contributed by atoms with van der Waals surface area (Å²) in [5, 5.41) is 0.563. The lowest BCUT2D eigenvalue weighted by atomic mass is 10.2. The van der Waals surface area contributed by atoms with Gasteiger partial charge in [-0.3, -0.25) is 0 Å². The molecule has 2 aromatic carbocycles. The molecule has 0 unspecified atom stereocenters. The standard InChI is InChI=1S/C13H10Br2ClNO/c14-9-2-3-11(16)13(6-9)18-12-4-1-8(7-17)5-10(12)15/h1-6H,7,17H2. The van der Waals surface area contributed by atoms with Gasteiger partial charge in [-0.25, -0.2) is 0 Å². The first kappa shape index (κ1) is 13.9. The molecule has 0 aliphatic heterocycles. The van der Waals surface area contributed by atoms with Gasteiger partial charge in [0.15, 0.2) is 0 Å². The fourth-order valence-corrected chi connectivity index (χ4v) is 2.43. The van der Waals surface area contributed by atoms with Crippen molar-refractivity contribution >= 4 is 43.5 Å². The van der Waals surface area contributed by atoms with E-state index in [0.29, 0.717) is 23.1 Å². The molecule has 0 saturated heterocycles. The Bertz CT molecular complexity index is 575. The minimum absolute atomic E-state index is 0.497. The molecule has 0 amide bonds. The molecule has 0 aliphatic rings. The van der Waals surface area contributed by atoms with E-state index in [1.54, 1.807) is 6.07 Å². The summed E-state index contributed by atoms with van der Waals surface area (Å²) in [6.07, 6.45) is 0. The molecule has 0 heterocycles. The second-order valence-corrected chi connectivity index (χ2v) is 5.82. The summed E-state index contributed by atoms with van der Waals surface area (Å²) in [5.41, 5.74) is 6.61. The Balaban J connectivity index is 2.31. The lowest BCUT2D eigenvalue weighted by molar-refractivity contribution is 0.479. The molecule has 0 saturated carbocycles. The molecule has 0 radical (unpaired) electrons. The molecule has 18 heavy (non-hydrogen) atoms. The zero-order valence-corrected chi connectivity index (χ0v) is 13.2. The van der Waals surface area contributed by atoms with Crippen LogP contribution in [-0.2, 0) is 6.54 Å². The maximum absolute atomic E-state index is 6.08. The van der Waals surface area contributed by atoms with Crippen molar-refractivity contribution in [1.29, 1.82) is 0 Å². The molecule has 5 heteroatoms. The molecule has 0 aromatic heterocycles. The quantitative estimate of drug-likeness (QED) is 0.789. The van der Waals surface area contributed by atoms with Gasteiger partial charge >= 0.3 is 0 Å². The minimum atomic E-state index is 0.497. The Kier molecular flexibility index (Phi) is 4.67. The topological polar surface area (TPSA) is 35.2 Å². The molecule has 0 bridgehead atoms. The fourth-order valence-electron chi connectivity index (χ4n) is 1.43. The van der Waals surface area contributed by atoms with Gasteiger partial charge < -0.3 is 10.5 Å². The van der Waals surface area contributed by atoms with Gasteiger partial charge in [-0.2, -0.15) is 0 Å². The summed E-state index contributed by atoms with van der Waals surface area (Å²) in [4.78, 5) is 0. The third-order valence-corrected chi connectivity index (χ3v) is 3.77. The van der Waals surface area contributed by atoms with E-state index in [1.165, 1.54) is 0 Å². The van der Waals surface area contributed by atoms with Crippen molar-refractivity contribution in [1.82, 2.24) is 0 Å². The molecule has 94 valence electrons. The van der Waals surface area contributed by atoms with Crippen LogP contribution < -0.4 is 10.5 Å². The van der Waals surface area contributed by atoms with E-state index in [4.69, 9.17) is 22.1 Å². The van der Waals surface area contributed by atoms with E-state index in [1.807, 2.05) is 30.3 Å². The molecule has 2 aromatic rings. The van der Waals surface area contributed by atoms with Crippen LogP contribution in [0.25, 0.3) is 0 Å². The Hall–Kier alpha value is -0.550. The molecule has 2 nitrogen and oxygen atoms in total. The highest BCUT2D eigenvalue weighted by molar-refractivity contribution is 9.10. The highest BCUT2D eigenvalue weighted by atomic mass is 79.9. The van der Waals surface area contributed by atoms with Gasteiger partial charge in [-0.1, -0.05) is 33.6 Å². The lowest BCUT2D eigenvalue weighted by Crippen LogP contribution is -1.96. The first-order chi connectivity index (χ1) is 8.60. The van der Waals surface area contributed by atoms with Crippen molar-refractivity contribution in [2.75, 3.05) is 0 Å². The zero-order valence-electron chi connectivity index (χ0n) is 9.29. The van der Waals surface area contributed by atoms with Crippen LogP contribution in [0.2, 0.25) is 5.02 Å². The number of rotatable bonds is 3. The van der Waals surface area contributed by atoms with E-state index >= 15 is 0 Å². The smallest absolute Gasteiger partial charge is 0.147 e. The predicted molar refractivity (Wildman–Crippen MR) is 81.3 cm³/mol. The molecule has 0 fully saturated rings. The minimum Gasteiger partial charge on any atom is -0.455 e. The van der Waals surface area contributed by atoms with Crippen LogP contribution in [-0.4, -0.2) is 0 Å². The number of hydrogen-bond donors (Lipinski definition) is 1. The van der Waals surface area contributed by atoms with Crippen LogP contribution in [0.5, 0.6) is 11.5 Å². The van der Waals surface area contributed by atoms with Crippen molar-refractivity contribution in [3.63, 3.8) is 0 Å². The summed E-state index contributed by atoms with van der Waals surface area (Å²) in [6, 6.07) is 11.2. The number of nitrogens with two attached hydrogens (primary N) is 1. The van der Waals surface area contributed by atoms with Gasteiger partial charge in [-0.15, -0.1) is 0 Å². The van der Waals surface area contributed by atoms with Gasteiger partial charge in [0.1, 0.15) is 11.5 Å². The van der Waals surface area contributed by atoms with Crippen molar-refractivity contribution < 1.29 is 4.74 Å². The van der Waals surface area contributed by atoms with Crippen LogP contribution in [0, 0.1) is 0 Å². The van der Waals surface area contributed by atoms with E-state index in [9.17, 15) is 0 Å². The number of hydrogen-bond acceptors (Lipinski definition) is 2. The van der Waals surface area contributed by atoms with Crippen LogP contribution in [0.15, 0.2) is 45.3 Å². The number of ether oxygens (including phenoxy) is 1. The van der Waals surface area contributed by atoms with Gasteiger partial charge in [0, 0.05) is 11.0 Å². The van der Waals surface area contributed by atoms with Gasteiger partial charge in [-0.05, 0) is 51.8 Å². The Morgan fingerprint density at radius 1 is 1.06 bits per heavy atom. The number of benzene rings is 2. The Morgan fingerprint density at radius 3 is 2.50 bits per heavy atom. The highest BCUT2D eigenvalue weighted by Crippen LogP contribution is 2.35. The summed E-state index contributed by atoms with van der Waals surface area (Å²) in [6.45, 7) is 0.497. The largest absolute Gasteiger partial charge is 0.455 e. The Labute approximate surface area is 127 Å². The summed E-state index contributed by atoms with van der Waals surface area (Å²) in [5.74, 6) is 1.31. The van der Waals surface area contributed by atoms with E-state index < -0.39 is 0 Å². The zero-order chi connectivity index (χ0) is 13.1. The maximum Gasteiger partial charge on any atom is 0.147 e. The normalized spacial score (nSPS) is 10.4. The van der Waals surface area contributed by atoms with Crippen molar-refractivity contribution in [2.45, 2.75) is 6.54 Å². The average molecular weight is 391 g/mol. The van der Waals surface area contributed by atoms with Gasteiger partial charge in [0.25, 0.3) is 0 Å². The van der Waals surface area contributed by atoms with Crippen molar-refractivity contribution in [2.24, 2.45) is 5.73 Å². The van der Waals surface area contributed by atoms with Crippen molar-refractivity contribution in [3.05, 3.63) is 55.9 Å². The van der Waals surface area contributed by atoms with Crippen LogP contribution >= 0.6 is 43.5 Å². The first-order valence-corrected chi connectivity index (χ1v) is 7.18. The summed E-state index contributed by atoms with van der Waals surface area (Å²) < 4.78 is 7.53. The molecule has 0 atom stereocenters. The van der Waals surface area contributed by atoms with Crippen LogP contribution in [0.3, 0.4) is 0 Å². The molecule has 0 aliphatic carbocycles. The predicted octanol–water partition coefficient (Wildman–Crippen LogP) is 5.12. The first-order valence-electron chi connectivity index (χ1n) is 5.21.